The van der Waals surface area contributed by atoms with E-state index in [0.29, 0.717) is 13.0 Å². The van der Waals surface area contributed by atoms with Crippen LogP contribution < -0.4 is 5.32 Å². The van der Waals surface area contributed by atoms with E-state index in [2.05, 4.69) is 5.32 Å². The van der Waals surface area contributed by atoms with Gasteiger partial charge in [0.15, 0.2) is 0 Å². The van der Waals surface area contributed by atoms with E-state index in [4.69, 9.17) is 5.11 Å². The molecule has 2 N–H and O–H groups in total. The Kier molecular flexibility index (Phi) is 4.52. The Labute approximate surface area is 112 Å². The van der Waals surface area contributed by atoms with Crippen molar-refractivity contribution in [3.8, 4) is 0 Å². The van der Waals surface area contributed by atoms with Crippen molar-refractivity contribution in [2.24, 2.45) is 5.92 Å². The van der Waals surface area contributed by atoms with Crippen LogP contribution >= 0.6 is 0 Å². The maximum Gasteiger partial charge on any atom is 0.307 e. The largest absolute Gasteiger partial charge is 0.481 e. The molecule has 1 fully saturated rings. The van der Waals surface area contributed by atoms with Crippen LogP contribution in [0.2, 0.25) is 0 Å². The molecule has 19 heavy (non-hydrogen) atoms. The van der Waals surface area contributed by atoms with Crippen LogP contribution in [-0.4, -0.2) is 41.5 Å². The number of hydrogen-bond donors (Lipinski definition) is 2. The maximum absolute atomic E-state index is 11.9. The highest BCUT2D eigenvalue weighted by atomic mass is 16.4. The molecule has 0 radical (unpaired) electrons. The van der Waals surface area contributed by atoms with Crippen molar-refractivity contribution in [3.05, 3.63) is 30.3 Å². The van der Waals surface area contributed by atoms with Crippen molar-refractivity contribution in [2.45, 2.75) is 12.8 Å². The van der Waals surface area contributed by atoms with Crippen LogP contribution in [0.5, 0.6) is 0 Å². The van der Waals surface area contributed by atoms with Crippen LogP contribution in [0.4, 0.5) is 5.69 Å². The van der Waals surface area contributed by atoms with Crippen molar-refractivity contribution in [2.75, 3.05) is 25.0 Å². The standard InChI is InChI=1S/C14H18N2O3/c17-13(15-12-6-2-1-3-7-12)10-16-8-4-5-11(9-16)14(18)19/h1-3,6-7,11H,4-5,8-10H2,(H,15,17)(H,18,19). The molecular weight excluding hydrogens is 244 g/mol. The number of benzene rings is 1. The van der Waals surface area contributed by atoms with Crippen molar-refractivity contribution < 1.29 is 14.7 Å². The first-order valence-electron chi connectivity index (χ1n) is 6.45. The number of carbonyl (C=O) groups is 2. The molecule has 102 valence electrons. The predicted molar refractivity (Wildman–Crippen MR) is 71.9 cm³/mol. The topological polar surface area (TPSA) is 69.6 Å². The van der Waals surface area contributed by atoms with E-state index < -0.39 is 5.97 Å². The third-order valence-corrected chi connectivity index (χ3v) is 3.28. The first-order chi connectivity index (χ1) is 9.15. The van der Waals surface area contributed by atoms with Gasteiger partial charge in [0.1, 0.15) is 0 Å². The summed E-state index contributed by atoms with van der Waals surface area (Å²) in [5.74, 6) is -1.22. The second-order valence-corrected chi connectivity index (χ2v) is 4.83. The lowest BCUT2D eigenvalue weighted by Crippen LogP contribution is -2.42. The molecule has 1 heterocycles. The number of amides is 1. The summed E-state index contributed by atoms with van der Waals surface area (Å²) in [4.78, 5) is 24.7. The van der Waals surface area contributed by atoms with E-state index in [-0.39, 0.29) is 18.4 Å². The summed E-state index contributed by atoms with van der Waals surface area (Å²) in [7, 11) is 0. The van der Waals surface area contributed by atoms with Gasteiger partial charge >= 0.3 is 5.97 Å². The fourth-order valence-corrected chi connectivity index (χ4v) is 2.33. The number of nitrogens with zero attached hydrogens (tertiary/aromatic N) is 1. The summed E-state index contributed by atoms with van der Waals surface area (Å²) >= 11 is 0. The Morgan fingerprint density at radius 2 is 2.05 bits per heavy atom. The number of nitrogens with one attached hydrogen (secondary N) is 1. The molecule has 0 aliphatic carbocycles. The van der Waals surface area contributed by atoms with E-state index in [9.17, 15) is 9.59 Å². The number of aliphatic carboxylic acids is 1. The molecule has 1 amide bonds. The predicted octanol–water partition coefficient (Wildman–Crippen LogP) is 1.42. The molecule has 0 spiro atoms. The van der Waals surface area contributed by atoms with E-state index in [1.54, 1.807) is 0 Å². The summed E-state index contributed by atoms with van der Waals surface area (Å²) in [6.45, 7) is 1.49. The van der Waals surface area contributed by atoms with Gasteiger partial charge in [0.05, 0.1) is 12.5 Å². The zero-order valence-electron chi connectivity index (χ0n) is 10.7. The highest BCUT2D eigenvalue weighted by molar-refractivity contribution is 5.92. The van der Waals surface area contributed by atoms with Gasteiger partial charge in [-0.05, 0) is 31.5 Å². The Morgan fingerprint density at radius 3 is 2.74 bits per heavy atom. The number of piperidine rings is 1. The van der Waals surface area contributed by atoms with Crippen molar-refractivity contribution in [3.63, 3.8) is 0 Å². The summed E-state index contributed by atoms with van der Waals surface area (Å²) in [6, 6.07) is 9.26. The molecule has 1 aromatic rings. The average Bonchev–Trinajstić information content (AvgIpc) is 2.40. The molecule has 1 aromatic carbocycles. The van der Waals surface area contributed by atoms with Gasteiger partial charge in [0.2, 0.25) is 5.91 Å². The van der Waals surface area contributed by atoms with E-state index in [1.807, 2.05) is 35.2 Å². The smallest absolute Gasteiger partial charge is 0.307 e. The van der Waals surface area contributed by atoms with Gasteiger partial charge in [-0.3, -0.25) is 14.5 Å². The number of likely N-dealkylation sites (tertiary alicyclic amines) is 1. The fourth-order valence-electron chi connectivity index (χ4n) is 2.33. The number of carbonyl (C=O) groups excluding carboxylic acids is 1. The monoisotopic (exact) mass is 262 g/mol. The first kappa shape index (κ1) is 13.5. The lowest BCUT2D eigenvalue weighted by Gasteiger charge is -2.29. The zero-order valence-corrected chi connectivity index (χ0v) is 10.7. The Morgan fingerprint density at radius 1 is 1.32 bits per heavy atom. The van der Waals surface area contributed by atoms with E-state index >= 15 is 0 Å². The number of anilines is 1. The number of carboxylic acids is 1. The molecule has 5 nitrogen and oxygen atoms in total. The summed E-state index contributed by atoms with van der Waals surface area (Å²) < 4.78 is 0. The quantitative estimate of drug-likeness (QED) is 0.861. The third-order valence-electron chi connectivity index (χ3n) is 3.28. The van der Waals surface area contributed by atoms with Crippen LogP contribution in [0.15, 0.2) is 30.3 Å². The average molecular weight is 262 g/mol. The normalized spacial score (nSPS) is 19.9. The summed E-state index contributed by atoms with van der Waals surface area (Å²) in [5, 5.41) is 11.8. The molecule has 1 unspecified atom stereocenters. The minimum atomic E-state index is -0.770. The summed E-state index contributed by atoms with van der Waals surface area (Å²) in [5.41, 5.74) is 0.763. The van der Waals surface area contributed by atoms with Gasteiger partial charge in [-0.2, -0.15) is 0 Å². The number of para-hydroxylation sites is 1. The Balaban J connectivity index is 1.83. The maximum atomic E-state index is 11.9. The van der Waals surface area contributed by atoms with Crippen LogP contribution in [0.3, 0.4) is 0 Å². The zero-order chi connectivity index (χ0) is 13.7. The van der Waals surface area contributed by atoms with Crippen LogP contribution in [0, 0.1) is 5.92 Å². The van der Waals surface area contributed by atoms with E-state index in [0.717, 1.165) is 18.7 Å². The van der Waals surface area contributed by atoms with Gasteiger partial charge in [-0.25, -0.2) is 0 Å². The number of rotatable bonds is 4. The third kappa shape index (κ3) is 4.06. The van der Waals surface area contributed by atoms with Gasteiger partial charge in [0.25, 0.3) is 0 Å². The second kappa shape index (κ2) is 6.33. The van der Waals surface area contributed by atoms with Crippen molar-refractivity contribution in [1.29, 1.82) is 0 Å². The SMILES string of the molecule is O=C(CN1CCCC(C(=O)O)C1)Nc1ccccc1. The van der Waals surface area contributed by atoms with Crippen molar-refractivity contribution in [1.82, 2.24) is 4.90 Å². The van der Waals surface area contributed by atoms with Crippen molar-refractivity contribution >= 4 is 17.6 Å². The highest BCUT2D eigenvalue weighted by Crippen LogP contribution is 2.16. The van der Waals surface area contributed by atoms with Gasteiger partial charge in [-0.1, -0.05) is 18.2 Å². The van der Waals surface area contributed by atoms with Gasteiger partial charge < -0.3 is 10.4 Å². The van der Waals surface area contributed by atoms with Gasteiger partial charge in [-0.15, -0.1) is 0 Å². The lowest BCUT2D eigenvalue weighted by molar-refractivity contribution is -0.144. The highest BCUT2D eigenvalue weighted by Gasteiger charge is 2.26. The minimum Gasteiger partial charge on any atom is -0.481 e. The molecule has 1 saturated heterocycles. The van der Waals surface area contributed by atoms with Crippen LogP contribution in [-0.2, 0) is 9.59 Å². The fraction of sp³-hybridized carbons (Fsp3) is 0.429. The first-order valence-corrected chi connectivity index (χ1v) is 6.45. The second-order valence-electron chi connectivity index (χ2n) is 4.83. The number of hydrogen-bond acceptors (Lipinski definition) is 3. The Bertz CT molecular complexity index is 447. The molecule has 0 bridgehead atoms. The minimum absolute atomic E-state index is 0.0998. The molecule has 0 saturated carbocycles. The Hall–Kier alpha value is -1.88. The van der Waals surface area contributed by atoms with Gasteiger partial charge in [0, 0.05) is 12.2 Å². The molecule has 2 rings (SSSR count). The molecule has 1 aliphatic heterocycles. The molecular formula is C14H18N2O3. The molecule has 5 heteroatoms. The summed E-state index contributed by atoms with van der Waals surface area (Å²) in [6.07, 6.45) is 1.53. The molecule has 0 aromatic heterocycles. The van der Waals surface area contributed by atoms with Crippen LogP contribution in [0.25, 0.3) is 0 Å². The molecule has 1 atom stereocenters. The number of carboxylic acid groups (broad SMARTS) is 1. The van der Waals surface area contributed by atoms with E-state index in [1.165, 1.54) is 0 Å². The lowest BCUT2D eigenvalue weighted by atomic mass is 9.98. The molecule has 1 aliphatic rings. The van der Waals surface area contributed by atoms with Crippen LogP contribution in [0.1, 0.15) is 12.8 Å².